The molecule has 1 aromatic rings. The molecule has 0 bridgehead atoms. The number of halogens is 1. The standard InChI is InChI=1S/C11H13ClN2O/c1-2-3-6-15-10-7-9(12)13-11(14-10)8-4-5-8/h2-3,7-8H,4-6H2,1H3/b3-2+. The lowest BCUT2D eigenvalue weighted by molar-refractivity contribution is 0.346. The third kappa shape index (κ3) is 2.93. The van der Waals surface area contributed by atoms with Crippen molar-refractivity contribution in [3.05, 3.63) is 29.2 Å². The Hall–Kier alpha value is -1.09. The molecule has 0 saturated heterocycles. The fraction of sp³-hybridized carbons (Fsp3) is 0.455. The van der Waals surface area contributed by atoms with Crippen LogP contribution in [-0.4, -0.2) is 16.6 Å². The molecule has 1 saturated carbocycles. The van der Waals surface area contributed by atoms with Crippen LogP contribution in [0, 0.1) is 0 Å². The highest BCUT2D eigenvalue weighted by Gasteiger charge is 2.27. The van der Waals surface area contributed by atoms with Crippen molar-refractivity contribution in [2.24, 2.45) is 0 Å². The summed E-state index contributed by atoms with van der Waals surface area (Å²) in [5.74, 6) is 1.88. The number of nitrogens with zero attached hydrogens (tertiary/aromatic N) is 2. The Kier molecular flexibility index (Phi) is 3.21. The van der Waals surface area contributed by atoms with Gasteiger partial charge in [0.25, 0.3) is 0 Å². The van der Waals surface area contributed by atoms with E-state index in [9.17, 15) is 0 Å². The molecule has 1 aliphatic carbocycles. The molecule has 0 aromatic carbocycles. The minimum Gasteiger partial charge on any atom is -0.473 e. The van der Waals surface area contributed by atoms with Gasteiger partial charge in [-0.1, -0.05) is 23.8 Å². The molecule has 1 heterocycles. The van der Waals surface area contributed by atoms with E-state index in [1.54, 1.807) is 6.07 Å². The second kappa shape index (κ2) is 4.62. The summed E-state index contributed by atoms with van der Waals surface area (Å²) in [7, 11) is 0. The first-order chi connectivity index (χ1) is 7.29. The highest BCUT2D eigenvalue weighted by atomic mass is 35.5. The van der Waals surface area contributed by atoms with Crippen molar-refractivity contribution in [2.45, 2.75) is 25.7 Å². The first-order valence-electron chi connectivity index (χ1n) is 5.08. The maximum atomic E-state index is 5.89. The van der Waals surface area contributed by atoms with Crippen molar-refractivity contribution in [1.82, 2.24) is 9.97 Å². The van der Waals surface area contributed by atoms with E-state index >= 15 is 0 Å². The van der Waals surface area contributed by atoms with Gasteiger partial charge in [-0.15, -0.1) is 0 Å². The number of hydrogen-bond donors (Lipinski definition) is 0. The van der Waals surface area contributed by atoms with E-state index in [1.165, 1.54) is 0 Å². The van der Waals surface area contributed by atoms with Crippen molar-refractivity contribution in [1.29, 1.82) is 0 Å². The van der Waals surface area contributed by atoms with Crippen molar-refractivity contribution in [2.75, 3.05) is 6.61 Å². The summed E-state index contributed by atoms with van der Waals surface area (Å²) in [6.07, 6.45) is 6.18. The largest absolute Gasteiger partial charge is 0.473 e. The molecule has 80 valence electrons. The van der Waals surface area contributed by atoms with Gasteiger partial charge in [-0.25, -0.2) is 4.98 Å². The molecule has 0 spiro atoms. The summed E-state index contributed by atoms with van der Waals surface area (Å²) < 4.78 is 5.42. The second-order valence-corrected chi connectivity index (χ2v) is 3.93. The zero-order valence-corrected chi connectivity index (χ0v) is 9.37. The van der Waals surface area contributed by atoms with Crippen LogP contribution in [0.4, 0.5) is 0 Å². The number of allylic oxidation sites excluding steroid dienone is 1. The predicted molar refractivity (Wildman–Crippen MR) is 59.3 cm³/mol. The number of ether oxygens (including phenoxy) is 1. The Morgan fingerprint density at radius 1 is 1.53 bits per heavy atom. The number of rotatable bonds is 4. The third-order valence-corrected chi connectivity index (χ3v) is 2.39. The van der Waals surface area contributed by atoms with Crippen LogP contribution in [0.3, 0.4) is 0 Å². The normalized spacial score (nSPS) is 15.9. The van der Waals surface area contributed by atoms with Crippen molar-refractivity contribution < 1.29 is 4.74 Å². The van der Waals surface area contributed by atoms with Crippen LogP contribution < -0.4 is 4.74 Å². The zero-order valence-electron chi connectivity index (χ0n) is 8.61. The minimum atomic E-state index is 0.461. The molecule has 0 amide bonds. The zero-order chi connectivity index (χ0) is 10.7. The smallest absolute Gasteiger partial charge is 0.218 e. The van der Waals surface area contributed by atoms with Gasteiger partial charge in [0.15, 0.2) is 0 Å². The first kappa shape index (κ1) is 10.4. The molecule has 15 heavy (non-hydrogen) atoms. The van der Waals surface area contributed by atoms with E-state index in [2.05, 4.69) is 9.97 Å². The fourth-order valence-corrected chi connectivity index (χ4v) is 1.42. The van der Waals surface area contributed by atoms with E-state index in [4.69, 9.17) is 16.3 Å². The van der Waals surface area contributed by atoms with E-state index in [1.807, 2.05) is 19.1 Å². The quantitative estimate of drug-likeness (QED) is 0.583. The average Bonchev–Trinajstić information content (AvgIpc) is 3.00. The monoisotopic (exact) mass is 224 g/mol. The average molecular weight is 225 g/mol. The molecule has 2 rings (SSSR count). The van der Waals surface area contributed by atoms with Gasteiger partial charge in [-0.05, 0) is 19.8 Å². The van der Waals surface area contributed by atoms with Crippen LogP contribution in [0.15, 0.2) is 18.2 Å². The Labute approximate surface area is 94.1 Å². The molecule has 4 heteroatoms. The minimum absolute atomic E-state index is 0.461. The predicted octanol–water partition coefficient (Wildman–Crippen LogP) is 2.96. The van der Waals surface area contributed by atoms with Crippen molar-refractivity contribution in [3.63, 3.8) is 0 Å². The maximum absolute atomic E-state index is 5.89. The molecule has 1 fully saturated rings. The molecule has 3 nitrogen and oxygen atoms in total. The number of hydrogen-bond acceptors (Lipinski definition) is 3. The van der Waals surface area contributed by atoms with E-state index < -0.39 is 0 Å². The fourth-order valence-electron chi connectivity index (χ4n) is 1.24. The molecule has 0 unspecified atom stereocenters. The molecular formula is C11H13ClN2O. The van der Waals surface area contributed by atoms with Crippen LogP contribution in [0.1, 0.15) is 31.5 Å². The molecule has 0 aliphatic heterocycles. The Morgan fingerprint density at radius 2 is 2.33 bits per heavy atom. The van der Waals surface area contributed by atoms with Crippen LogP contribution in [0.5, 0.6) is 5.88 Å². The van der Waals surface area contributed by atoms with Gasteiger partial charge < -0.3 is 4.74 Å². The van der Waals surface area contributed by atoms with Crippen LogP contribution in [0.2, 0.25) is 5.15 Å². The molecule has 1 aromatic heterocycles. The Bertz CT molecular complexity index is 375. The summed E-state index contributed by atoms with van der Waals surface area (Å²) in [5, 5.41) is 0.461. The lowest BCUT2D eigenvalue weighted by Gasteiger charge is -2.04. The number of aromatic nitrogens is 2. The van der Waals surface area contributed by atoms with Gasteiger partial charge >= 0.3 is 0 Å². The van der Waals surface area contributed by atoms with Gasteiger partial charge in [0, 0.05) is 12.0 Å². The second-order valence-electron chi connectivity index (χ2n) is 3.54. The highest BCUT2D eigenvalue weighted by Crippen LogP contribution is 2.38. The summed E-state index contributed by atoms with van der Waals surface area (Å²) in [4.78, 5) is 8.50. The van der Waals surface area contributed by atoms with Crippen LogP contribution in [-0.2, 0) is 0 Å². The van der Waals surface area contributed by atoms with E-state index in [0.29, 0.717) is 23.6 Å². The first-order valence-corrected chi connectivity index (χ1v) is 5.46. The van der Waals surface area contributed by atoms with Crippen LogP contribution in [0.25, 0.3) is 0 Å². The SMILES string of the molecule is C/C=C/COc1cc(Cl)nc(C2CC2)n1. The Balaban J connectivity index is 2.08. The lowest BCUT2D eigenvalue weighted by atomic mass is 10.4. The molecule has 1 aliphatic rings. The summed E-state index contributed by atoms with van der Waals surface area (Å²) >= 11 is 5.89. The molecule has 0 radical (unpaired) electrons. The van der Waals surface area contributed by atoms with E-state index in [-0.39, 0.29) is 0 Å². The van der Waals surface area contributed by atoms with Gasteiger partial charge in [-0.3, -0.25) is 0 Å². The van der Waals surface area contributed by atoms with Crippen molar-refractivity contribution >= 4 is 11.6 Å². The highest BCUT2D eigenvalue weighted by molar-refractivity contribution is 6.29. The third-order valence-electron chi connectivity index (χ3n) is 2.19. The lowest BCUT2D eigenvalue weighted by Crippen LogP contribution is -2.00. The summed E-state index contributed by atoms with van der Waals surface area (Å²) in [6, 6.07) is 1.65. The van der Waals surface area contributed by atoms with Crippen molar-refractivity contribution in [3.8, 4) is 5.88 Å². The maximum Gasteiger partial charge on any atom is 0.218 e. The molecule has 0 atom stereocenters. The van der Waals surface area contributed by atoms with Gasteiger partial charge in [-0.2, -0.15) is 4.98 Å². The van der Waals surface area contributed by atoms with Crippen LogP contribution >= 0.6 is 11.6 Å². The Morgan fingerprint density at radius 3 is 3.00 bits per heavy atom. The topological polar surface area (TPSA) is 35.0 Å². The molecule has 0 N–H and O–H groups in total. The summed E-state index contributed by atoms with van der Waals surface area (Å²) in [5.41, 5.74) is 0. The van der Waals surface area contributed by atoms with E-state index in [0.717, 1.165) is 18.7 Å². The van der Waals surface area contributed by atoms with Gasteiger partial charge in [0.05, 0.1) is 0 Å². The molecular weight excluding hydrogens is 212 g/mol. The van der Waals surface area contributed by atoms with Gasteiger partial charge in [0.1, 0.15) is 17.6 Å². The van der Waals surface area contributed by atoms with Gasteiger partial charge in [0.2, 0.25) is 5.88 Å². The summed E-state index contributed by atoms with van der Waals surface area (Å²) in [6.45, 7) is 2.47.